The minimum absolute atomic E-state index is 0.488. The highest BCUT2D eigenvalue weighted by molar-refractivity contribution is 7.99. The van der Waals surface area contributed by atoms with Crippen LogP contribution in [0, 0.1) is 13.8 Å². The van der Waals surface area contributed by atoms with Gasteiger partial charge in [-0.3, -0.25) is 0 Å². The van der Waals surface area contributed by atoms with E-state index in [9.17, 15) is 0 Å². The first-order chi connectivity index (χ1) is 6.13. The molecule has 0 amide bonds. The Morgan fingerprint density at radius 1 is 1.54 bits per heavy atom. The number of nitrogens with one attached hydrogen (secondary N) is 1. The Morgan fingerprint density at radius 2 is 2.23 bits per heavy atom. The number of aryl methyl sites for hydroxylation is 2. The lowest BCUT2D eigenvalue weighted by molar-refractivity contribution is 0.430. The van der Waals surface area contributed by atoms with Crippen molar-refractivity contribution >= 4 is 11.8 Å². The molecule has 1 heterocycles. The summed E-state index contributed by atoms with van der Waals surface area (Å²) in [4.78, 5) is 4.30. The lowest BCUT2D eigenvalue weighted by Crippen LogP contribution is -2.17. The number of rotatable bonds is 4. The normalized spacial score (nSPS) is 13.2. The van der Waals surface area contributed by atoms with E-state index in [-0.39, 0.29) is 0 Å². The molecule has 13 heavy (non-hydrogen) atoms. The molecule has 1 aromatic rings. The van der Waals surface area contributed by atoms with Crippen molar-refractivity contribution in [3.63, 3.8) is 0 Å². The van der Waals surface area contributed by atoms with Crippen molar-refractivity contribution in [2.24, 2.45) is 0 Å². The van der Waals surface area contributed by atoms with Crippen LogP contribution in [0.3, 0.4) is 0 Å². The molecular weight excluding hydrogens is 184 g/mol. The van der Waals surface area contributed by atoms with Crippen molar-refractivity contribution < 1.29 is 4.42 Å². The van der Waals surface area contributed by atoms with E-state index in [0.29, 0.717) is 5.25 Å². The molecule has 0 aromatic carbocycles. The predicted molar refractivity (Wildman–Crippen MR) is 55.2 cm³/mol. The maximum atomic E-state index is 5.46. The molecule has 3 nitrogen and oxygen atoms in total. The van der Waals surface area contributed by atoms with Crippen LogP contribution in [0.2, 0.25) is 0 Å². The van der Waals surface area contributed by atoms with Gasteiger partial charge >= 0.3 is 0 Å². The van der Waals surface area contributed by atoms with Gasteiger partial charge in [-0.05, 0) is 20.9 Å². The molecule has 74 valence electrons. The summed E-state index contributed by atoms with van der Waals surface area (Å²) in [6.45, 7) is 7.02. The van der Waals surface area contributed by atoms with Gasteiger partial charge in [0.25, 0.3) is 5.22 Å². The third kappa shape index (κ3) is 3.04. The average Bonchev–Trinajstić information content (AvgIpc) is 2.31. The zero-order chi connectivity index (χ0) is 9.84. The number of aromatic nitrogens is 1. The second kappa shape index (κ2) is 4.67. The molecule has 0 aliphatic heterocycles. The smallest absolute Gasteiger partial charge is 0.256 e. The maximum Gasteiger partial charge on any atom is 0.256 e. The van der Waals surface area contributed by atoms with Crippen LogP contribution < -0.4 is 5.32 Å². The Balaban J connectivity index is 2.53. The van der Waals surface area contributed by atoms with Crippen LogP contribution in [0.5, 0.6) is 0 Å². The molecule has 0 aliphatic rings. The molecule has 0 bridgehead atoms. The standard InChI is InChI=1S/C9H16N2OS/c1-6(5-10-4)13-9-11-7(2)8(3)12-9/h6,10H,5H2,1-4H3. The molecule has 1 atom stereocenters. The Bertz CT molecular complexity index is 253. The van der Waals surface area contributed by atoms with Gasteiger partial charge in [-0.2, -0.15) is 0 Å². The summed E-state index contributed by atoms with van der Waals surface area (Å²) in [6, 6.07) is 0. The Hall–Kier alpha value is -0.480. The van der Waals surface area contributed by atoms with Gasteiger partial charge in [0.1, 0.15) is 5.76 Å². The molecule has 4 heteroatoms. The third-order valence-electron chi connectivity index (χ3n) is 1.80. The fraction of sp³-hybridized carbons (Fsp3) is 0.667. The number of thioether (sulfide) groups is 1. The minimum atomic E-state index is 0.488. The summed E-state index contributed by atoms with van der Waals surface area (Å²) < 4.78 is 5.46. The summed E-state index contributed by atoms with van der Waals surface area (Å²) in [7, 11) is 1.95. The SMILES string of the molecule is CNCC(C)Sc1nc(C)c(C)o1. The largest absolute Gasteiger partial charge is 0.437 e. The highest BCUT2D eigenvalue weighted by atomic mass is 32.2. The second-order valence-corrected chi connectivity index (χ2v) is 4.50. The summed E-state index contributed by atoms with van der Waals surface area (Å²) in [5, 5.41) is 4.38. The summed E-state index contributed by atoms with van der Waals surface area (Å²) in [6.07, 6.45) is 0. The first-order valence-corrected chi connectivity index (χ1v) is 5.26. The Kier molecular flexibility index (Phi) is 3.81. The van der Waals surface area contributed by atoms with Crippen molar-refractivity contribution in [2.75, 3.05) is 13.6 Å². The number of oxazole rings is 1. The fourth-order valence-corrected chi connectivity index (χ4v) is 1.95. The number of nitrogens with zero attached hydrogens (tertiary/aromatic N) is 1. The fourth-order valence-electron chi connectivity index (χ4n) is 0.995. The zero-order valence-corrected chi connectivity index (χ0v) is 9.36. The van der Waals surface area contributed by atoms with Crippen LogP contribution in [0.15, 0.2) is 9.64 Å². The highest BCUT2D eigenvalue weighted by Gasteiger charge is 2.09. The molecule has 1 aromatic heterocycles. The lowest BCUT2D eigenvalue weighted by atomic mass is 10.4. The highest BCUT2D eigenvalue weighted by Crippen LogP contribution is 2.23. The number of hydrogen-bond donors (Lipinski definition) is 1. The topological polar surface area (TPSA) is 38.1 Å². The molecule has 0 spiro atoms. The summed E-state index contributed by atoms with van der Waals surface area (Å²) in [5.74, 6) is 0.916. The monoisotopic (exact) mass is 200 g/mol. The van der Waals surface area contributed by atoms with E-state index in [1.165, 1.54) is 0 Å². The predicted octanol–water partition coefficient (Wildman–Crippen LogP) is 1.99. The first-order valence-electron chi connectivity index (χ1n) is 4.38. The van der Waals surface area contributed by atoms with Crippen LogP contribution in [-0.4, -0.2) is 23.8 Å². The summed E-state index contributed by atoms with van der Waals surface area (Å²) >= 11 is 1.66. The molecule has 0 aliphatic carbocycles. The van der Waals surface area contributed by atoms with E-state index < -0.39 is 0 Å². The van der Waals surface area contributed by atoms with Crippen LogP contribution in [-0.2, 0) is 0 Å². The molecule has 0 saturated carbocycles. The zero-order valence-electron chi connectivity index (χ0n) is 8.55. The minimum Gasteiger partial charge on any atom is -0.437 e. The van der Waals surface area contributed by atoms with E-state index in [1.807, 2.05) is 20.9 Å². The van der Waals surface area contributed by atoms with Gasteiger partial charge in [0.2, 0.25) is 0 Å². The Labute approximate surface area is 83.3 Å². The second-order valence-electron chi connectivity index (χ2n) is 3.11. The molecule has 1 rings (SSSR count). The molecule has 0 fully saturated rings. The van der Waals surface area contributed by atoms with E-state index in [2.05, 4.69) is 17.2 Å². The third-order valence-corrected chi connectivity index (χ3v) is 2.75. The number of hydrogen-bond acceptors (Lipinski definition) is 4. The van der Waals surface area contributed by atoms with Crippen molar-refractivity contribution in [3.05, 3.63) is 11.5 Å². The maximum absolute atomic E-state index is 5.46. The van der Waals surface area contributed by atoms with Gasteiger partial charge in [-0.1, -0.05) is 18.7 Å². The van der Waals surface area contributed by atoms with Crippen LogP contribution in [0.1, 0.15) is 18.4 Å². The van der Waals surface area contributed by atoms with Crippen LogP contribution >= 0.6 is 11.8 Å². The van der Waals surface area contributed by atoms with E-state index >= 15 is 0 Å². The average molecular weight is 200 g/mol. The van der Waals surface area contributed by atoms with Gasteiger partial charge in [0.05, 0.1) is 5.69 Å². The lowest BCUT2D eigenvalue weighted by Gasteiger charge is -2.05. The molecule has 1 N–H and O–H groups in total. The first kappa shape index (κ1) is 10.6. The van der Waals surface area contributed by atoms with Crippen LogP contribution in [0.4, 0.5) is 0 Å². The van der Waals surface area contributed by atoms with Crippen molar-refractivity contribution in [1.82, 2.24) is 10.3 Å². The van der Waals surface area contributed by atoms with Crippen molar-refractivity contribution in [3.8, 4) is 0 Å². The van der Waals surface area contributed by atoms with E-state index in [1.54, 1.807) is 11.8 Å². The van der Waals surface area contributed by atoms with Gasteiger partial charge < -0.3 is 9.73 Å². The van der Waals surface area contributed by atoms with E-state index in [0.717, 1.165) is 23.2 Å². The van der Waals surface area contributed by atoms with Gasteiger partial charge in [0.15, 0.2) is 0 Å². The van der Waals surface area contributed by atoms with E-state index in [4.69, 9.17) is 4.42 Å². The quantitative estimate of drug-likeness (QED) is 0.754. The van der Waals surface area contributed by atoms with Gasteiger partial charge in [-0.25, -0.2) is 4.98 Å². The molecule has 0 saturated heterocycles. The Morgan fingerprint density at radius 3 is 2.69 bits per heavy atom. The summed E-state index contributed by atoms with van der Waals surface area (Å²) in [5.41, 5.74) is 0.985. The van der Waals surface area contributed by atoms with Gasteiger partial charge in [0, 0.05) is 11.8 Å². The van der Waals surface area contributed by atoms with Gasteiger partial charge in [-0.15, -0.1) is 0 Å². The van der Waals surface area contributed by atoms with Crippen molar-refractivity contribution in [1.29, 1.82) is 0 Å². The van der Waals surface area contributed by atoms with Crippen molar-refractivity contribution in [2.45, 2.75) is 31.2 Å². The molecule has 1 unspecified atom stereocenters. The van der Waals surface area contributed by atoms with Crippen LogP contribution in [0.25, 0.3) is 0 Å². The molecule has 0 radical (unpaired) electrons. The molecular formula is C9H16N2OS.